The van der Waals surface area contributed by atoms with Crippen LogP contribution >= 0.6 is 0 Å². The number of benzene rings is 2. The van der Waals surface area contributed by atoms with Crippen LogP contribution in [-0.4, -0.2) is 22.5 Å². The molecule has 138 valence electrons. The summed E-state index contributed by atoms with van der Waals surface area (Å²) in [7, 11) is 0. The molecule has 2 heterocycles. The fourth-order valence-corrected chi connectivity index (χ4v) is 3.29. The van der Waals surface area contributed by atoms with E-state index in [1.807, 2.05) is 62.4 Å². The summed E-state index contributed by atoms with van der Waals surface area (Å²) in [4.78, 5) is 23.3. The standard InChI is InChI=1S/C22H18N4O2/c1-3-28-17-9-7-15(8-10-17)21-24-19(13-23)18-12-20(27)26(22(18)25-21)16-6-4-5-14(2)11-16/h4-11H,3,12H2,1-2H3. The van der Waals surface area contributed by atoms with Crippen LogP contribution in [0.25, 0.3) is 11.4 Å². The van der Waals surface area contributed by atoms with Crippen molar-refractivity contribution in [3.8, 4) is 23.2 Å². The molecule has 0 radical (unpaired) electrons. The van der Waals surface area contributed by atoms with Gasteiger partial charge in [-0.25, -0.2) is 9.97 Å². The Balaban J connectivity index is 1.83. The van der Waals surface area contributed by atoms with Gasteiger partial charge in [-0.05, 0) is 55.8 Å². The molecule has 1 aliphatic rings. The van der Waals surface area contributed by atoms with Crippen molar-refractivity contribution in [2.24, 2.45) is 0 Å². The maximum Gasteiger partial charge on any atom is 0.237 e. The molecule has 1 aliphatic heterocycles. The van der Waals surface area contributed by atoms with E-state index in [0.29, 0.717) is 23.8 Å². The monoisotopic (exact) mass is 370 g/mol. The first-order valence-corrected chi connectivity index (χ1v) is 9.04. The van der Waals surface area contributed by atoms with Crippen molar-refractivity contribution in [2.45, 2.75) is 20.3 Å². The van der Waals surface area contributed by atoms with Gasteiger partial charge in [-0.15, -0.1) is 0 Å². The molecule has 0 N–H and O–H groups in total. The Hall–Kier alpha value is -3.72. The van der Waals surface area contributed by atoms with Crippen LogP contribution in [0, 0.1) is 18.3 Å². The number of amides is 1. The average Bonchev–Trinajstić information content (AvgIpc) is 3.04. The highest BCUT2D eigenvalue weighted by Gasteiger charge is 2.33. The Morgan fingerprint density at radius 3 is 2.64 bits per heavy atom. The molecule has 6 heteroatoms. The first kappa shape index (κ1) is 17.7. The Morgan fingerprint density at radius 2 is 1.96 bits per heavy atom. The summed E-state index contributed by atoms with van der Waals surface area (Å²) < 4.78 is 5.47. The van der Waals surface area contributed by atoms with Crippen molar-refractivity contribution in [3.05, 3.63) is 65.4 Å². The van der Waals surface area contributed by atoms with E-state index < -0.39 is 0 Å². The largest absolute Gasteiger partial charge is 0.494 e. The van der Waals surface area contributed by atoms with E-state index in [0.717, 1.165) is 22.6 Å². The second kappa shape index (κ2) is 7.12. The van der Waals surface area contributed by atoms with Gasteiger partial charge in [0.25, 0.3) is 0 Å². The van der Waals surface area contributed by atoms with Crippen LogP contribution in [0.15, 0.2) is 48.5 Å². The lowest BCUT2D eigenvalue weighted by atomic mass is 10.1. The predicted octanol–water partition coefficient (Wildman–Crippen LogP) is 3.94. The fourth-order valence-electron chi connectivity index (χ4n) is 3.29. The number of nitrogens with zero attached hydrogens (tertiary/aromatic N) is 4. The second-order valence-electron chi connectivity index (χ2n) is 6.51. The molecule has 0 bridgehead atoms. The normalized spacial score (nSPS) is 12.6. The molecule has 0 aliphatic carbocycles. The summed E-state index contributed by atoms with van der Waals surface area (Å²) in [5, 5.41) is 9.58. The molecule has 2 aromatic carbocycles. The van der Waals surface area contributed by atoms with Gasteiger partial charge >= 0.3 is 0 Å². The number of rotatable bonds is 4. The number of anilines is 2. The highest BCUT2D eigenvalue weighted by atomic mass is 16.5. The van der Waals surface area contributed by atoms with Crippen LogP contribution in [0.1, 0.15) is 23.7 Å². The van der Waals surface area contributed by atoms with Gasteiger partial charge in [0.05, 0.1) is 18.7 Å². The number of hydrogen-bond acceptors (Lipinski definition) is 5. The van der Waals surface area contributed by atoms with Crippen molar-refractivity contribution in [1.29, 1.82) is 5.26 Å². The maximum absolute atomic E-state index is 12.7. The Bertz CT molecular complexity index is 1100. The molecule has 0 saturated heterocycles. The number of carbonyl (C=O) groups is 1. The Morgan fingerprint density at radius 1 is 1.18 bits per heavy atom. The van der Waals surface area contributed by atoms with Gasteiger partial charge in [-0.2, -0.15) is 5.26 Å². The molecule has 0 fully saturated rings. The molecule has 28 heavy (non-hydrogen) atoms. The topological polar surface area (TPSA) is 79.1 Å². The van der Waals surface area contributed by atoms with E-state index >= 15 is 0 Å². The molecule has 6 nitrogen and oxygen atoms in total. The average molecular weight is 370 g/mol. The molecule has 1 amide bonds. The number of aromatic nitrogens is 2. The SMILES string of the molecule is CCOc1ccc(-c2nc(C#N)c3c(n2)N(c2cccc(C)c2)C(=O)C3)cc1. The number of aryl methyl sites for hydroxylation is 1. The zero-order chi connectivity index (χ0) is 19.7. The van der Waals surface area contributed by atoms with Gasteiger partial charge in [0, 0.05) is 11.1 Å². The third-order valence-corrected chi connectivity index (χ3v) is 4.56. The Kier molecular flexibility index (Phi) is 4.50. The summed E-state index contributed by atoms with van der Waals surface area (Å²) in [6.45, 7) is 4.48. The third kappa shape index (κ3) is 3.08. The lowest BCUT2D eigenvalue weighted by molar-refractivity contribution is -0.116. The van der Waals surface area contributed by atoms with Crippen LogP contribution in [-0.2, 0) is 11.2 Å². The number of fused-ring (bicyclic) bond motifs is 1. The molecule has 0 saturated carbocycles. The predicted molar refractivity (Wildman–Crippen MR) is 105 cm³/mol. The minimum Gasteiger partial charge on any atom is -0.494 e. The number of carbonyl (C=O) groups excluding carboxylic acids is 1. The van der Waals surface area contributed by atoms with E-state index in [9.17, 15) is 10.1 Å². The number of ether oxygens (including phenoxy) is 1. The van der Waals surface area contributed by atoms with Crippen molar-refractivity contribution in [3.63, 3.8) is 0 Å². The summed E-state index contributed by atoms with van der Waals surface area (Å²) in [6.07, 6.45) is 0.121. The molecule has 0 atom stereocenters. The molecular weight excluding hydrogens is 352 g/mol. The second-order valence-corrected chi connectivity index (χ2v) is 6.51. The lowest BCUT2D eigenvalue weighted by Gasteiger charge is -2.17. The van der Waals surface area contributed by atoms with E-state index in [4.69, 9.17) is 4.74 Å². The zero-order valence-electron chi connectivity index (χ0n) is 15.6. The van der Waals surface area contributed by atoms with Gasteiger partial charge in [-0.1, -0.05) is 12.1 Å². The summed E-state index contributed by atoms with van der Waals surface area (Å²) in [5.74, 6) is 1.52. The van der Waals surface area contributed by atoms with Gasteiger partial charge in [0.1, 0.15) is 23.3 Å². The van der Waals surface area contributed by atoms with Crippen LogP contribution in [0.5, 0.6) is 5.75 Å². The van der Waals surface area contributed by atoms with Crippen molar-refractivity contribution >= 4 is 17.4 Å². The molecule has 1 aromatic heterocycles. The van der Waals surface area contributed by atoms with Gasteiger partial charge in [0.2, 0.25) is 5.91 Å². The lowest BCUT2D eigenvalue weighted by Crippen LogP contribution is -2.21. The summed E-state index contributed by atoms with van der Waals surface area (Å²) in [5.41, 5.74) is 3.34. The van der Waals surface area contributed by atoms with Crippen molar-refractivity contribution in [2.75, 3.05) is 11.5 Å². The van der Waals surface area contributed by atoms with Crippen LogP contribution in [0.4, 0.5) is 11.5 Å². The molecule has 0 unspecified atom stereocenters. The quantitative estimate of drug-likeness (QED) is 0.695. The summed E-state index contributed by atoms with van der Waals surface area (Å²) in [6, 6.07) is 17.2. The Labute approximate surface area is 163 Å². The molecule has 4 rings (SSSR count). The van der Waals surface area contributed by atoms with Crippen LogP contribution < -0.4 is 9.64 Å². The smallest absolute Gasteiger partial charge is 0.237 e. The van der Waals surface area contributed by atoms with Crippen molar-refractivity contribution < 1.29 is 9.53 Å². The first-order valence-electron chi connectivity index (χ1n) is 9.04. The third-order valence-electron chi connectivity index (χ3n) is 4.56. The molecule has 0 spiro atoms. The first-order chi connectivity index (χ1) is 13.6. The molecule has 3 aromatic rings. The maximum atomic E-state index is 12.7. The van der Waals surface area contributed by atoms with E-state index in [1.54, 1.807) is 4.90 Å². The summed E-state index contributed by atoms with van der Waals surface area (Å²) >= 11 is 0. The fraction of sp³-hybridized carbons (Fsp3) is 0.182. The van der Waals surface area contributed by atoms with Crippen LogP contribution in [0.2, 0.25) is 0 Å². The minimum absolute atomic E-state index is 0.116. The number of hydrogen-bond donors (Lipinski definition) is 0. The van der Waals surface area contributed by atoms with E-state index in [1.165, 1.54) is 0 Å². The highest BCUT2D eigenvalue weighted by Crippen LogP contribution is 2.36. The van der Waals surface area contributed by atoms with Gasteiger partial charge in [0.15, 0.2) is 5.82 Å². The van der Waals surface area contributed by atoms with Crippen LogP contribution in [0.3, 0.4) is 0 Å². The minimum atomic E-state index is -0.116. The van der Waals surface area contributed by atoms with Gasteiger partial charge in [-0.3, -0.25) is 9.69 Å². The van der Waals surface area contributed by atoms with E-state index in [2.05, 4.69) is 16.0 Å². The van der Waals surface area contributed by atoms with E-state index in [-0.39, 0.29) is 18.0 Å². The van der Waals surface area contributed by atoms with Gasteiger partial charge < -0.3 is 4.74 Å². The zero-order valence-corrected chi connectivity index (χ0v) is 15.6. The molecular formula is C22H18N4O2. The highest BCUT2D eigenvalue weighted by molar-refractivity contribution is 6.06. The van der Waals surface area contributed by atoms with Crippen molar-refractivity contribution in [1.82, 2.24) is 9.97 Å². The number of nitriles is 1.